The van der Waals surface area contributed by atoms with Gasteiger partial charge in [0.1, 0.15) is 0 Å². The molecule has 4 nitrogen and oxygen atoms in total. The van der Waals surface area contributed by atoms with Crippen LogP contribution in [0.1, 0.15) is 52.9 Å². The van der Waals surface area contributed by atoms with Crippen LogP contribution in [0.15, 0.2) is 0 Å². The average molecular weight is 283 g/mol. The van der Waals surface area contributed by atoms with Gasteiger partial charge < -0.3 is 16.0 Å². The van der Waals surface area contributed by atoms with Crippen LogP contribution < -0.4 is 11.1 Å². The molecule has 1 fully saturated rings. The molecule has 0 aromatic heterocycles. The highest BCUT2D eigenvalue weighted by atomic mass is 16.1. The van der Waals surface area contributed by atoms with Crippen LogP contribution in [0.2, 0.25) is 0 Å². The molecule has 1 heterocycles. The number of hydrogen-bond acceptors (Lipinski definition) is 3. The number of carbonyl (C=O) groups is 1. The summed E-state index contributed by atoms with van der Waals surface area (Å²) >= 11 is 0. The van der Waals surface area contributed by atoms with E-state index in [0.717, 1.165) is 38.3 Å². The lowest BCUT2D eigenvalue weighted by molar-refractivity contribution is -0.124. The first-order valence-electron chi connectivity index (χ1n) is 8.24. The highest BCUT2D eigenvalue weighted by Gasteiger charge is 2.16. The predicted octanol–water partition coefficient (Wildman–Crippen LogP) is 1.99. The van der Waals surface area contributed by atoms with Crippen LogP contribution in [-0.4, -0.2) is 43.0 Å². The van der Waals surface area contributed by atoms with E-state index < -0.39 is 0 Å². The van der Waals surface area contributed by atoms with Crippen molar-refractivity contribution in [3.63, 3.8) is 0 Å². The second-order valence-electron chi connectivity index (χ2n) is 6.62. The van der Waals surface area contributed by atoms with Gasteiger partial charge in [0.25, 0.3) is 0 Å². The number of nitrogens with zero attached hydrogens (tertiary/aromatic N) is 1. The van der Waals surface area contributed by atoms with Gasteiger partial charge in [0.15, 0.2) is 0 Å². The summed E-state index contributed by atoms with van der Waals surface area (Å²) in [5.74, 6) is 1.17. The quantitative estimate of drug-likeness (QED) is 0.716. The second-order valence-corrected chi connectivity index (χ2v) is 6.62. The van der Waals surface area contributed by atoms with Crippen LogP contribution in [0.5, 0.6) is 0 Å². The van der Waals surface area contributed by atoms with Crippen LogP contribution in [0.3, 0.4) is 0 Å². The standard InChI is InChI=1S/C16H33N3O/c1-13-7-10-19(11-8-13)12-9-18-16(20)14(2)5-4-6-15(3)17/h13-15H,4-12,17H2,1-3H3,(H,18,20). The van der Waals surface area contributed by atoms with Crippen molar-refractivity contribution in [1.29, 1.82) is 0 Å². The van der Waals surface area contributed by atoms with Crippen molar-refractivity contribution in [3.05, 3.63) is 0 Å². The molecule has 1 rings (SSSR count). The molecular weight excluding hydrogens is 250 g/mol. The number of likely N-dealkylation sites (tertiary alicyclic amines) is 1. The molecule has 1 aliphatic rings. The molecule has 0 radical (unpaired) electrons. The molecule has 0 bridgehead atoms. The first-order valence-corrected chi connectivity index (χ1v) is 8.24. The third-order valence-corrected chi connectivity index (χ3v) is 4.35. The summed E-state index contributed by atoms with van der Waals surface area (Å²) in [6, 6.07) is 0.242. The molecule has 0 aliphatic carbocycles. The van der Waals surface area contributed by atoms with Gasteiger partial charge in [-0.1, -0.05) is 20.3 Å². The third-order valence-electron chi connectivity index (χ3n) is 4.35. The van der Waals surface area contributed by atoms with Gasteiger partial charge in [-0.25, -0.2) is 0 Å². The van der Waals surface area contributed by atoms with E-state index in [1.54, 1.807) is 0 Å². The lowest BCUT2D eigenvalue weighted by Crippen LogP contribution is -2.40. The highest BCUT2D eigenvalue weighted by Crippen LogP contribution is 2.15. The van der Waals surface area contributed by atoms with Crippen molar-refractivity contribution >= 4 is 5.91 Å². The van der Waals surface area contributed by atoms with Crippen molar-refractivity contribution < 1.29 is 4.79 Å². The van der Waals surface area contributed by atoms with Gasteiger partial charge >= 0.3 is 0 Å². The zero-order valence-electron chi connectivity index (χ0n) is 13.5. The summed E-state index contributed by atoms with van der Waals surface area (Å²) in [5, 5.41) is 3.07. The summed E-state index contributed by atoms with van der Waals surface area (Å²) in [4.78, 5) is 14.4. The topological polar surface area (TPSA) is 58.4 Å². The predicted molar refractivity (Wildman–Crippen MR) is 84.5 cm³/mol. The summed E-state index contributed by atoms with van der Waals surface area (Å²) in [6.07, 6.45) is 5.57. The van der Waals surface area contributed by atoms with Crippen LogP contribution in [0, 0.1) is 11.8 Å². The van der Waals surface area contributed by atoms with E-state index in [1.807, 2.05) is 13.8 Å². The van der Waals surface area contributed by atoms with Crippen LogP contribution >= 0.6 is 0 Å². The summed E-state index contributed by atoms with van der Waals surface area (Å²) in [5.41, 5.74) is 5.72. The fourth-order valence-electron chi connectivity index (χ4n) is 2.67. The Bertz CT molecular complexity index is 273. The fraction of sp³-hybridized carbons (Fsp3) is 0.938. The molecule has 0 saturated carbocycles. The van der Waals surface area contributed by atoms with Crippen molar-refractivity contribution in [2.75, 3.05) is 26.2 Å². The Hall–Kier alpha value is -0.610. The molecule has 2 unspecified atom stereocenters. The Kier molecular flexibility index (Phi) is 8.15. The molecule has 20 heavy (non-hydrogen) atoms. The molecule has 118 valence electrons. The van der Waals surface area contributed by atoms with Gasteiger partial charge in [-0.05, 0) is 51.6 Å². The molecule has 4 heteroatoms. The first-order chi connectivity index (χ1) is 9.49. The Morgan fingerprint density at radius 3 is 2.55 bits per heavy atom. The van der Waals surface area contributed by atoms with E-state index >= 15 is 0 Å². The maximum atomic E-state index is 12.0. The summed E-state index contributed by atoms with van der Waals surface area (Å²) in [6.45, 7) is 10.5. The molecule has 2 atom stereocenters. The van der Waals surface area contributed by atoms with Crippen molar-refractivity contribution in [1.82, 2.24) is 10.2 Å². The highest BCUT2D eigenvalue weighted by molar-refractivity contribution is 5.78. The van der Waals surface area contributed by atoms with Crippen molar-refractivity contribution in [2.45, 2.75) is 58.9 Å². The minimum atomic E-state index is 0.107. The summed E-state index contributed by atoms with van der Waals surface area (Å²) < 4.78 is 0. The van der Waals surface area contributed by atoms with Gasteiger partial charge in [-0.3, -0.25) is 4.79 Å². The van der Waals surface area contributed by atoms with E-state index in [0.29, 0.717) is 0 Å². The Balaban J connectivity index is 2.07. The minimum Gasteiger partial charge on any atom is -0.355 e. The number of rotatable bonds is 8. The Morgan fingerprint density at radius 1 is 1.30 bits per heavy atom. The van der Waals surface area contributed by atoms with E-state index in [2.05, 4.69) is 17.1 Å². The Labute approximate surface area is 124 Å². The largest absolute Gasteiger partial charge is 0.355 e. The molecule has 3 N–H and O–H groups in total. The molecule has 1 aliphatic heterocycles. The van der Waals surface area contributed by atoms with E-state index in [-0.39, 0.29) is 17.9 Å². The lowest BCUT2D eigenvalue weighted by atomic mass is 9.99. The van der Waals surface area contributed by atoms with Crippen LogP contribution in [0.4, 0.5) is 0 Å². The van der Waals surface area contributed by atoms with E-state index in [9.17, 15) is 4.79 Å². The molecule has 0 aromatic carbocycles. The smallest absolute Gasteiger partial charge is 0.222 e. The van der Waals surface area contributed by atoms with Gasteiger partial charge in [0.2, 0.25) is 5.91 Å². The summed E-state index contributed by atoms with van der Waals surface area (Å²) in [7, 11) is 0. The monoisotopic (exact) mass is 283 g/mol. The average Bonchev–Trinajstić information content (AvgIpc) is 2.40. The first kappa shape index (κ1) is 17.4. The zero-order valence-corrected chi connectivity index (χ0v) is 13.5. The van der Waals surface area contributed by atoms with Crippen molar-refractivity contribution in [2.24, 2.45) is 17.6 Å². The van der Waals surface area contributed by atoms with Gasteiger partial charge in [0.05, 0.1) is 0 Å². The Morgan fingerprint density at radius 2 is 1.95 bits per heavy atom. The molecule has 1 amide bonds. The SMILES string of the molecule is CC(N)CCCC(C)C(=O)NCCN1CCC(C)CC1. The van der Waals surface area contributed by atoms with Gasteiger partial charge in [0, 0.05) is 25.0 Å². The van der Waals surface area contributed by atoms with Crippen LogP contribution in [0.25, 0.3) is 0 Å². The van der Waals surface area contributed by atoms with Gasteiger partial charge in [-0.15, -0.1) is 0 Å². The normalized spacial score (nSPS) is 20.6. The molecule has 1 saturated heterocycles. The number of carbonyl (C=O) groups excluding carboxylic acids is 1. The maximum Gasteiger partial charge on any atom is 0.222 e. The van der Waals surface area contributed by atoms with Gasteiger partial charge in [-0.2, -0.15) is 0 Å². The fourth-order valence-corrected chi connectivity index (χ4v) is 2.67. The van der Waals surface area contributed by atoms with Crippen molar-refractivity contribution in [3.8, 4) is 0 Å². The maximum absolute atomic E-state index is 12.0. The number of nitrogens with one attached hydrogen (secondary N) is 1. The van der Waals surface area contributed by atoms with E-state index in [1.165, 1.54) is 25.9 Å². The zero-order chi connectivity index (χ0) is 15.0. The number of amides is 1. The van der Waals surface area contributed by atoms with E-state index in [4.69, 9.17) is 5.73 Å². The number of hydrogen-bond donors (Lipinski definition) is 2. The lowest BCUT2D eigenvalue weighted by Gasteiger charge is -2.30. The third kappa shape index (κ3) is 7.25. The molecular formula is C16H33N3O. The number of piperidine rings is 1. The molecule has 0 spiro atoms. The minimum absolute atomic E-state index is 0.107. The van der Waals surface area contributed by atoms with Crippen LogP contribution in [-0.2, 0) is 4.79 Å². The molecule has 0 aromatic rings. The number of nitrogens with two attached hydrogens (primary N) is 1. The second kappa shape index (κ2) is 9.35.